The van der Waals surface area contributed by atoms with Crippen molar-refractivity contribution < 1.29 is 28.6 Å². The molecule has 3 aromatic rings. The molecule has 0 radical (unpaired) electrons. The predicted molar refractivity (Wildman–Crippen MR) is 124 cm³/mol. The summed E-state index contributed by atoms with van der Waals surface area (Å²) >= 11 is 1.55. The van der Waals surface area contributed by atoms with Gasteiger partial charge >= 0.3 is 5.97 Å². The molecule has 0 saturated heterocycles. The zero-order chi connectivity index (χ0) is 23.2. The maximum Gasteiger partial charge on any atom is 0.339 e. The molecular formula is C25H21NO6S. The summed E-state index contributed by atoms with van der Waals surface area (Å²) < 4.78 is 16.2. The van der Waals surface area contributed by atoms with Crippen molar-refractivity contribution in [3.63, 3.8) is 0 Å². The van der Waals surface area contributed by atoms with E-state index in [2.05, 4.69) is 5.32 Å². The van der Waals surface area contributed by atoms with Crippen LogP contribution in [-0.2, 0) is 9.53 Å². The second-order valence-corrected chi connectivity index (χ2v) is 7.97. The van der Waals surface area contributed by atoms with E-state index in [9.17, 15) is 14.4 Å². The van der Waals surface area contributed by atoms with Gasteiger partial charge < -0.3 is 19.5 Å². The normalized spacial score (nSPS) is 12.0. The number of ketones is 1. The molecule has 0 saturated carbocycles. The third-order valence-electron chi connectivity index (χ3n) is 4.88. The Morgan fingerprint density at radius 2 is 1.67 bits per heavy atom. The van der Waals surface area contributed by atoms with Crippen LogP contribution in [0.15, 0.2) is 71.6 Å². The molecule has 0 bridgehead atoms. The molecule has 3 aromatic carbocycles. The lowest BCUT2D eigenvalue weighted by molar-refractivity contribution is -0.119. The van der Waals surface area contributed by atoms with Crippen LogP contribution in [0.1, 0.15) is 26.3 Å². The third kappa shape index (κ3) is 5.35. The van der Waals surface area contributed by atoms with Gasteiger partial charge in [0.05, 0.1) is 5.56 Å². The van der Waals surface area contributed by atoms with Crippen molar-refractivity contribution in [3.05, 3.63) is 83.4 Å². The molecule has 8 heteroatoms. The number of rotatable bonds is 7. The van der Waals surface area contributed by atoms with Gasteiger partial charge in [0.15, 0.2) is 23.9 Å². The Kier molecular flexibility index (Phi) is 6.95. The summed E-state index contributed by atoms with van der Waals surface area (Å²) in [5.41, 5.74) is 1.21. The van der Waals surface area contributed by atoms with E-state index in [1.54, 1.807) is 54.2 Å². The summed E-state index contributed by atoms with van der Waals surface area (Å²) in [5.74, 6) is -0.548. The standard InChI is InChI=1S/C25H21NO6S/c1-33-18-6-4-5-17(14-18)26-23(27)15-32-25(29)20-8-3-2-7-19(20)24(28)16-9-10-21-22(13-16)31-12-11-30-21/h2-10,13-14H,11-12,15H2,1H3,(H,26,27). The average Bonchev–Trinajstić information content (AvgIpc) is 2.86. The van der Waals surface area contributed by atoms with Crippen molar-refractivity contribution >= 4 is 35.1 Å². The van der Waals surface area contributed by atoms with Gasteiger partial charge in [-0.2, -0.15) is 0 Å². The zero-order valence-corrected chi connectivity index (χ0v) is 18.6. The van der Waals surface area contributed by atoms with Crippen molar-refractivity contribution in [1.82, 2.24) is 0 Å². The fraction of sp³-hybridized carbons (Fsp3) is 0.160. The number of anilines is 1. The van der Waals surface area contributed by atoms with Crippen LogP contribution in [0.5, 0.6) is 11.5 Å². The second-order valence-electron chi connectivity index (χ2n) is 7.09. The van der Waals surface area contributed by atoms with E-state index in [0.29, 0.717) is 36.0 Å². The lowest BCUT2D eigenvalue weighted by atomic mass is 9.98. The first-order chi connectivity index (χ1) is 16.0. The topological polar surface area (TPSA) is 90.9 Å². The number of ether oxygens (including phenoxy) is 3. The molecule has 0 fully saturated rings. The van der Waals surface area contributed by atoms with Gasteiger partial charge in [0, 0.05) is 21.7 Å². The van der Waals surface area contributed by atoms with E-state index in [0.717, 1.165) is 4.90 Å². The lowest BCUT2D eigenvalue weighted by Crippen LogP contribution is -2.22. The Morgan fingerprint density at radius 3 is 2.45 bits per heavy atom. The molecule has 4 rings (SSSR count). The van der Waals surface area contributed by atoms with Crippen molar-refractivity contribution in [2.24, 2.45) is 0 Å². The minimum absolute atomic E-state index is 0.0783. The minimum Gasteiger partial charge on any atom is -0.486 e. The smallest absolute Gasteiger partial charge is 0.339 e. The predicted octanol–water partition coefficient (Wildman–Crippen LogP) is 4.21. The molecule has 1 aliphatic heterocycles. The maximum absolute atomic E-state index is 13.1. The summed E-state index contributed by atoms with van der Waals surface area (Å²) in [4.78, 5) is 39.0. The van der Waals surface area contributed by atoms with Gasteiger partial charge in [-0.05, 0) is 48.7 Å². The zero-order valence-electron chi connectivity index (χ0n) is 17.8. The largest absolute Gasteiger partial charge is 0.486 e. The van der Waals surface area contributed by atoms with E-state index in [4.69, 9.17) is 14.2 Å². The van der Waals surface area contributed by atoms with E-state index < -0.39 is 18.5 Å². The highest BCUT2D eigenvalue weighted by Gasteiger charge is 2.22. The maximum atomic E-state index is 13.1. The molecule has 33 heavy (non-hydrogen) atoms. The SMILES string of the molecule is CSc1cccc(NC(=O)COC(=O)c2ccccc2C(=O)c2ccc3c(c2)OCCO3)c1. The van der Waals surface area contributed by atoms with Gasteiger partial charge in [0.2, 0.25) is 0 Å². The van der Waals surface area contributed by atoms with E-state index in [1.165, 1.54) is 6.07 Å². The van der Waals surface area contributed by atoms with Gasteiger partial charge in [-0.3, -0.25) is 9.59 Å². The fourth-order valence-corrected chi connectivity index (χ4v) is 3.77. The van der Waals surface area contributed by atoms with Crippen molar-refractivity contribution in [2.75, 3.05) is 31.4 Å². The summed E-state index contributed by atoms with van der Waals surface area (Å²) in [6.07, 6.45) is 1.94. The van der Waals surface area contributed by atoms with E-state index in [-0.39, 0.29) is 16.9 Å². The van der Waals surface area contributed by atoms with E-state index >= 15 is 0 Å². The van der Waals surface area contributed by atoms with Crippen LogP contribution in [0.25, 0.3) is 0 Å². The Morgan fingerprint density at radius 1 is 0.909 bits per heavy atom. The summed E-state index contributed by atoms with van der Waals surface area (Å²) in [5, 5.41) is 2.69. The molecule has 0 atom stereocenters. The van der Waals surface area contributed by atoms with Crippen LogP contribution >= 0.6 is 11.8 Å². The summed E-state index contributed by atoms with van der Waals surface area (Å²) in [6.45, 7) is 0.373. The quantitative estimate of drug-likeness (QED) is 0.319. The first kappa shape index (κ1) is 22.4. The van der Waals surface area contributed by atoms with Crippen molar-refractivity contribution in [2.45, 2.75) is 4.90 Å². The second kappa shape index (κ2) is 10.2. The first-order valence-electron chi connectivity index (χ1n) is 10.2. The van der Waals surface area contributed by atoms with Gasteiger partial charge in [0.1, 0.15) is 13.2 Å². The van der Waals surface area contributed by atoms with Crippen LogP contribution < -0.4 is 14.8 Å². The lowest BCUT2D eigenvalue weighted by Gasteiger charge is -2.18. The number of fused-ring (bicyclic) bond motifs is 1. The van der Waals surface area contributed by atoms with Crippen molar-refractivity contribution in [3.8, 4) is 11.5 Å². The van der Waals surface area contributed by atoms with Crippen LogP contribution in [0.3, 0.4) is 0 Å². The molecule has 7 nitrogen and oxygen atoms in total. The highest BCUT2D eigenvalue weighted by Crippen LogP contribution is 2.31. The molecular weight excluding hydrogens is 442 g/mol. The number of benzene rings is 3. The molecule has 1 aliphatic rings. The molecule has 0 spiro atoms. The molecule has 0 aromatic heterocycles. The number of hydrogen-bond acceptors (Lipinski definition) is 7. The van der Waals surface area contributed by atoms with Gasteiger partial charge in [-0.25, -0.2) is 4.79 Å². The molecule has 1 N–H and O–H groups in total. The Labute approximate surface area is 195 Å². The van der Waals surface area contributed by atoms with Gasteiger partial charge in [-0.1, -0.05) is 24.3 Å². The van der Waals surface area contributed by atoms with Gasteiger partial charge in [-0.15, -0.1) is 11.8 Å². The highest BCUT2D eigenvalue weighted by molar-refractivity contribution is 7.98. The summed E-state index contributed by atoms with van der Waals surface area (Å²) in [7, 11) is 0. The molecule has 168 valence electrons. The number of carbonyl (C=O) groups excluding carboxylic acids is 3. The Bertz CT molecular complexity index is 1210. The van der Waals surface area contributed by atoms with Crippen LogP contribution in [0.2, 0.25) is 0 Å². The highest BCUT2D eigenvalue weighted by atomic mass is 32.2. The third-order valence-corrected chi connectivity index (χ3v) is 5.61. The van der Waals surface area contributed by atoms with Crippen LogP contribution in [0.4, 0.5) is 5.69 Å². The number of amides is 1. The van der Waals surface area contributed by atoms with Crippen molar-refractivity contribution in [1.29, 1.82) is 0 Å². The number of esters is 1. The average molecular weight is 464 g/mol. The van der Waals surface area contributed by atoms with Gasteiger partial charge in [0.25, 0.3) is 5.91 Å². The molecule has 1 heterocycles. The fourth-order valence-electron chi connectivity index (χ4n) is 3.31. The Hall–Kier alpha value is -3.78. The number of thioether (sulfide) groups is 1. The first-order valence-corrected chi connectivity index (χ1v) is 11.4. The summed E-state index contributed by atoms with van der Waals surface area (Å²) in [6, 6.07) is 18.5. The van der Waals surface area contributed by atoms with Crippen LogP contribution in [-0.4, -0.2) is 43.7 Å². The monoisotopic (exact) mass is 463 g/mol. The van der Waals surface area contributed by atoms with Crippen LogP contribution in [0, 0.1) is 0 Å². The minimum atomic E-state index is -0.760. The molecule has 1 amide bonds. The Balaban J connectivity index is 1.44. The number of carbonyl (C=O) groups is 3. The van der Waals surface area contributed by atoms with E-state index in [1.807, 2.05) is 24.5 Å². The molecule has 0 aliphatic carbocycles. The number of nitrogens with one attached hydrogen (secondary N) is 1. The number of hydrogen-bond donors (Lipinski definition) is 1. The molecule has 0 unspecified atom stereocenters.